The van der Waals surface area contributed by atoms with Crippen molar-refractivity contribution in [2.24, 2.45) is 7.05 Å². The second-order valence-electron chi connectivity index (χ2n) is 5.06. The number of hydrogen-bond acceptors (Lipinski definition) is 3. The summed E-state index contributed by atoms with van der Waals surface area (Å²) >= 11 is 0. The lowest BCUT2D eigenvalue weighted by Gasteiger charge is -2.15. The summed E-state index contributed by atoms with van der Waals surface area (Å²) < 4.78 is 1.86. The van der Waals surface area contributed by atoms with E-state index < -0.39 is 0 Å². The highest BCUT2D eigenvalue weighted by molar-refractivity contribution is 5.94. The lowest BCUT2D eigenvalue weighted by molar-refractivity contribution is -0.116. The molecular weight excluding hydrogens is 252 g/mol. The third-order valence-corrected chi connectivity index (χ3v) is 3.75. The molecule has 0 radical (unpaired) electrons. The molecule has 5 nitrogen and oxygen atoms in total. The molecule has 1 aromatic carbocycles. The molecule has 0 spiro atoms. The van der Waals surface area contributed by atoms with Crippen LogP contribution in [0.1, 0.15) is 18.2 Å². The molecule has 0 fully saturated rings. The molecule has 0 aliphatic carbocycles. The lowest BCUT2D eigenvalue weighted by Crippen LogP contribution is -2.25. The number of benzene rings is 1. The van der Waals surface area contributed by atoms with Crippen LogP contribution < -0.4 is 10.2 Å². The van der Waals surface area contributed by atoms with E-state index in [1.807, 2.05) is 34.8 Å². The predicted molar refractivity (Wildman–Crippen MR) is 78.7 cm³/mol. The van der Waals surface area contributed by atoms with E-state index in [-0.39, 0.29) is 5.91 Å². The Morgan fingerprint density at radius 1 is 1.40 bits per heavy atom. The Kier molecular flexibility index (Phi) is 3.18. The number of carbonyl (C=O) groups is 1. The van der Waals surface area contributed by atoms with Gasteiger partial charge < -0.3 is 10.2 Å². The minimum absolute atomic E-state index is 0.111. The van der Waals surface area contributed by atoms with E-state index in [9.17, 15) is 4.79 Å². The smallest absolute Gasteiger partial charge is 0.223 e. The highest BCUT2D eigenvalue weighted by Gasteiger charge is 2.21. The van der Waals surface area contributed by atoms with Crippen molar-refractivity contribution in [3.05, 3.63) is 41.7 Å². The molecule has 0 unspecified atom stereocenters. The van der Waals surface area contributed by atoms with Gasteiger partial charge in [-0.25, -0.2) is 0 Å². The highest BCUT2D eigenvalue weighted by atomic mass is 16.2. The maximum atomic E-state index is 11.5. The zero-order valence-corrected chi connectivity index (χ0v) is 11.8. The Bertz CT molecular complexity index is 647. The van der Waals surface area contributed by atoms with Crippen LogP contribution in [0.3, 0.4) is 0 Å². The van der Waals surface area contributed by atoms with Crippen molar-refractivity contribution >= 4 is 17.3 Å². The van der Waals surface area contributed by atoms with Crippen molar-refractivity contribution in [1.82, 2.24) is 9.78 Å². The summed E-state index contributed by atoms with van der Waals surface area (Å²) in [6.07, 6.45) is 2.72. The fraction of sp³-hybridized carbons (Fsp3) is 0.333. The summed E-state index contributed by atoms with van der Waals surface area (Å²) in [6.45, 7) is 3.14. The summed E-state index contributed by atoms with van der Waals surface area (Å²) in [7, 11) is 1.93. The van der Waals surface area contributed by atoms with Crippen molar-refractivity contribution in [3.63, 3.8) is 0 Å². The number of hydrogen-bond donors (Lipinski definition) is 1. The number of nitrogens with zero attached hydrogens (tertiary/aromatic N) is 3. The highest BCUT2D eigenvalue weighted by Crippen LogP contribution is 2.30. The van der Waals surface area contributed by atoms with Crippen molar-refractivity contribution in [1.29, 1.82) is 0 Å². The number of aromatic nitrogens is 2. The van der Waals surface area contributed by atoms with Crippen LogP contribution in [0.5, 0.6) is 0 Å². The fourth-order valence-electron chi connectivity index (χ4n) is 2.61. The first-order valence-electron chi connectivity index (χ1n) is 6.77. The molecule has 2 heterocycles. The SMILES string of the molecule is CC(=O)N1CCc2cc(NCc3ccnn3C)ccc21. The molecule has 0 saturated carbocycles. The van der Waals surface area contributed by atoms with Crippen LogP contribution in [0.2, 0.25) is 0 Å². The van der Waals surface area contributed by atoms with Crippen LogP contribution in [-0.4, -0.2) is 22.2 Å². The van der Waals surface area contributed by atoms with E-state index >= 15 is 0 Å². The van der Waals surface area contributed by atoms with Gasteiger partial charge >= 0.3 is 0 Å². The van der Waals surface area contributed by atoms with Gasteiger partial charge in [0.25, 0.3) is 0 Å². The zero-order chi connectivity index (χ0) is 14.1. The predicted octanol–water partition coefficient (Wildman–Crippen LogP) is 1.94. The molecule has 0 atom stereocenters. The Labute approximate surface area is 118 Å². The second-order valence-corrected chi connectivity index (χ2v) is 5.06. The molecule has 2 aromatic rings. The van der Waals surface area contributed by atoms with Crippen molar-refractivity contribution in [2.45, 2.75) is 19.9 Å². The van der Waals surface area contributed by atoms with Gasteiger partial charge in [-0.2, -0.15) is 5.10 Å². The summed E-state index contributed by atoms with van der Waals surface area (Å²) in [6, 6.07) is 8.18. The standard InChI is InChI=1S/C15H18N4O/c1-11(20)19-8-6-12-9-13(3-4-15(12)19)16-10-14-5-7-17-18(14)2/h3-5,7,9,16H,6,8,10H2,1-2H3. The molecule has 1 N–H and O–H groups in total. The first-order chi connectivity index (χ1) is 9.65. The second kappa shape index (κ2) is 5.00. The van der Waals surface area contributed by atoms with Crippen LogP contribution in [-0.2, 0) is 24.8 Å². The topological polar surface area (TPSA) is 50.2 Å². The van der Waals surface area contributed by atoms with Gasteiger partial charge in [0.2, 0.25) is 5.91 Å². The van der Waals surface area contributed by atoms with Gasteiger partial charge in [0.15, 0.2) is 0 Å². The number of rotatable bonds is 3. The minimum Gasteiger partial charge on any atom is -0.379 e. The van der Waals surface area contributed by atoms with E-state index in [4.69, 9.17) is 0 Å². The van der Waals surface area contributed by atoms with Crippen LogP contribution >= 0.6 is 0 Å². The average molecular weight is 270 g/mol. The summed E-state index contributed by atoms with van der Waals surface area (Å²) in [5.74, 6) is 0.111. The summed E-state index contributed by atoms with van der Waals surface area (Å²) in [5, 5.41) is 7.55. The molecule has 1 aromatic heterocycles. The Hall–Kier alpha value is -2.30. The van der Waals surface area contributed by atoms with Gasteiger partial charge in [-0.3, -0.25) is 9.48 Å². The molecule has 0 saturated heterocycles. The molecule has 3 rings (SSSR count). The Morgan fingerprint density at radius 3 is 2.95 bits per heavy atom. The summed E-state index contributed by atoms with van der Waals surface area (Å²) in [5.41, 5.74) is 4.49. The molecule has 20 heavy (non-hydrogen) atoms. The van der Waals surface area contributed by atoms with Crippen LogP contribution in [0.4, 0.5) is 11.4 Å². The van der Waals surface area contributed by atoms with Gasteiger partial charge in [0.1, 0.15) is 0 Å². The third-order valence-electron chi connectivity index (χ3n) is 3.75. The average Bonchev–Trinajstić information content (AvgIpc) is 3.02. The first-order valence-corrected chi connectivity index (χ1v) is 6.77. The van der Waals surface area contributed by atoms with Crippen molar-refractivity contribution < 1.29 is 4.79 Å². The van der Waals surface area contributed by atoms with Crippen molar-refractivity contribution in [3.8, 4) is 0 Å². The lowest BCUT2D eigenvalue weighted by atomic mass is 10.1. The van der Waals surface area contributed by atoms with Gasteiger partial charge in [0, 0.05) is 38.1 Å². The minimum atomic E-state index is 0.111. The monoisotopic (exact) mass is 270 g/mol. The zero-order valence-electron chi connectivity index (χ0n) is 11.8. The normalized spacial score (nSPS) is 13.4. The van der Waals surface area contributed by atoms with E-state index in [0.717, 1.165) is 36.6 Å². The number of aryl methyl sites for hydroxylation is 1. The number of carbonyl (C=O) groups excluding carboxylic acids is 1. The van der Waals surface area contributed by atoms with Crippen LogP contribution in [0.25, 0.3) is 0 Å². The maximum absolute atomic E-state index is 11.5. The van der Waals surface area contributed by atoms with Crippen molar-refractivity contribution in [2.75, 3.05) is 16.8 Å². The third kappa shape index (κ3) is 2.27. The van der Waals surface area contributed by atoms with E-state index in [1.54, 1.807) is 13.1 Å². The number of anilines is 2. The van der Waals surface area contributed by atoms with Gasteiger partial charge in [-0.1, -0.05) is 0 Å². The Balaban J connectivity index is 1.74. The Morgan fingerprint density at radius 2 is 2.25 bits per heavy atom. The quantitative estimate of drug-likeness (QED) is 0.927. The molecular formula is C15H18N4O. The fourth-order valence-corrected chi connectivity index (χ4v) is 2.61. The van der Waals surface area contributed by atoms with E-state index in [1.165, 1.54) is 5.56 Å². The molecule has 104 valence electrons. The van der Waals surface area contributed by atoms with Gasteiger partial charge in [0.05, 0.1) is 12.2 Å². The first kappa shape index (κ1) is 12.7. The molecule has 5 heteroatoms. The molecule has 0 bridgehead atoms. The largest absolute Gasteiger partial charge is 0.379 e. The molecule has 1 aliphatic rings. The molecule has 1 aliphatic heterocycles. The van der Waals surface area contributed by atoms with E-state index in [2.05, 4.69) is 16.5 Å². The van der Waals surface area contributed by atoms with Crippen LogP contribution in [0.15, 0.2) is 30.5 Å². The number of amides is 1. The summed E-state index contributed by atoms with van der Waals surface area (Å²) in [4.78, 5) is 13.3. The number of nitrogens with one attached hydrogen (secondary N) is 1. The number of fused-ring (bicyclic) bond motifs is 1. The maximum Gasteiger partial charge on any atom is 0.223 e. The molecule has 1 amide bonds. The van der Waals surface area contributed by atoms with Gasteiger partial charge in [-0.15, -0.1) is 0 Å². The van der Waals surface area contributed by atoms with Crippen LogP contribution in [0, 0.1) is 0 Å². The van der Waals surface area contributed by atoms with E-state index in [0.29, 0.717) is 0 Å². The van der Waals surface area contributed by atoms with Gasteiger partial charge in [-0.05, 0) is 36.2 Å².